The molecule has 2 aromatic heterocycles. The third-order valence-electron chi connectivity index (χ3n) is 4.32. The van der Waals surface area contributed by atoms with Crippen LogP contribution in [0.15, 0.2) is 35.4 Å². The van der Waals surface area contributed by atoms with E-state index >= 15 is 0 Å². The van der Waals surface area contributed by atoms with E-state index in [9.17, 15) is 4.79 Å². The van der Waals surface area contributed by atoms with Crippen molar-refractivity contribution in [2.75, 3.05) is 5.75 Å². The third-order valence-corrected chi connectivity index (χ3v) is 6.48. The second-order valence-corrected chi connectivity index (χ2v) is 8.21. The maximum Gasteiger partial charge on any atom is 0.230 e. The van der Waals surface area contributed by atoms with E-state index in [1.165, 1.54) is 34.0 Å². The molecule has 0 fully saturated rings. The number of thiophene rings is 1. The molecule has 0 spiro atoms. The van der Waals surface area contributed by atoms with Gasteiger partial charge in [-0.25, -0.2) is 9.97 Å². The Labute approximate surface area is 155 Å². The monoisotopic (exact) mass is 369 g/mol. The molecule has 0 aliphatic heterocycles. The zero-order valence-electron chi connectivity index (χ0n) is 14.0. The molecule has 1 aromatic carbocycles. The number of thioether (sulfide) groups is 1. The lowest BCUT2D eigenvalue weighted by atomic mass is 10.2. The second kappa shape index (κ2) is 7.14. The Morgan fingerprint density at radius 2 is 2.08 bits per heavy atom. The highest BCUT2D eigenvalue weighted by molar-refractivity contribution is 8.00. The smallest absolute Gasteiger partial charge is 0.230 e. The van der Waals surface area contributed by atoms with Gasteiger partial charge in [-0.1, -0.05) is 42.1 Å². The summed E-state index contributed by atoms with van der Waals surface area (Å²) in [6.07, 6.45) is 3.47. The molecule has 2 heterocycles. The molecule has 0 bridgehead atoms. The molecule has 6 heteroatoms. The minimum Gasteiger partial charge on any atom is -0.351 e. The molecule has 4 nitrogen and oxygen atoms in total. The van der Waals surface area contributed by atoms with Crippen molar-refractivity contribution in [3.8, 4) is 0 Å². The van der Waals surface area contributed by atoms with E-state index in [0.717, 1.165) is 34.1 Å². The Morgan fingerprint density at radius 3 is 2.92 bits per heavy atom. The van der Waals surface area contributed by atoms with Crippen LogP contribution in [-0.4, -0.2) is 21.6 Å². The van der Waals surface area contributed by atoms with Gasteiger partial charge in [0.15, 0.2) is 0 Å². The quantitative estimate of drug-likeness (QED) is 0.547. The van der Waals surface area contributed by atoms with E-state index in [1.807, 2.05) is 37.3 Å². The molecule has 25 heavy (non-hydrogen) atoms. The van der Waals surface area contributed by atoms with Gasteiger partial charge in [0.05, 0.1) is 5.75 Å². The molecule has 0 unspecified atom stereocenters. The summed E-state index contributed by atoms with van der Waals surface area (Å²) >= 11 is 3.31. The zero-order valence-corrected chi connectivity index (χ0v) is 15.7. The Hall–Kier alpha value is -1.92. The molecule has 1 aliphatic rings. The van der Waals surface area contributed by atoms with Crippen molar-refractivity contribution in [2.45, 2.75) is 37.8 Å². The molecule has 0 saturated heterocycles. The Balaban J connectivity index is 1.46. The summed E-state index contributed by atoms with van der Waals surface area (Å²) < 4.78 is 0. The van der Waals surface area contributed by atoms with E-state index in [2.05, 4.69) is 15.3 Å². The zero-order chi connectivity index (χ0) is 17.2. The number of carbonyl (C=O) groups excluding carboxylic acids is 1. The van der Waals surface area contributed by atoms with Crippen molar-refractivity contribution in [1.29, 1.82) is 0 Å². The van der Waals surface area contributed by atoms with Crippen LogP contribution in [0.1, 0.15) is 28.2 Å². The van der Waals surface area contributed by atoms with Gasteiger partial charge in [-0.05, 0) is 37.3 Å². The van der Waals surface area contributed by atoms with Gasteiger partial charge < -0.3 is 5.32 Å². The van der Waals surface area contributed by atoms with Crippen molar-refractivity contribution in [3.63, 3.8) is 0 Å². The van der Waals surface area contributed by atoms with E-state index in [-0.39, 0.29) is 5.91 Å². The summed E-state index contributed by atoms with van der Waals surface area (Å²) in [7, 11) is 0. The van der Waals surface area contributed by atoms with Gasteiger partial charge in [-0.2, -0.15) is 0 Å². The largest absolute Gasteiger partial charge is 0.351 e. The molecular weight excluding hydrogens is 350 g/mol. The summed E-state index contributed by atoms with van der Waals surface area (Å²) in [6, 6.07) is 9.96. The molecule has 1 N–H and O–H groups in total. The summed E-state index contributed by atoms with van der Waals surface area (Å²) in [4.78, 5) is 23.9. The number of nitrogens with one attached hydrogen (secondary N) is 1. The Bertz CT molecular complexity index is 921. The maximum atomic E-state index is 12.2. The number of hydrogen-bond acceptors (Lipinski definition) is 5. The van der Waals surface area contributed by atoms with E-state index in [1.54, 1.807) is 11.3 Å². The predicted molar refractivity (Wildman–Crippen MR) is 103 cm³/mol. The number of aryl methyl sites for hydroxylation is 3. The van der Waals surface area contributed by atoms with Crippen molar-refractivity contribution in [1.82, 2.24) is 15.3 Å². The average molecular weight is 370 g/mol. The van der Waals surface area contributed by atoms with E-state index in [4.69, 9.17) is 0 Å². The first-order valence-electron chi connectivity index (χ1n) is 8.43. The van der Waals surface area contributed by atoms with Crippen LogP contribution in [0.3, 0.4) is 0 Å². The summed E-state index contributed by atoms with van der Waals surface area (Å²) in [5.41, 5.74) is 2.52. The van der Waals surface area contributed by atoms with Crippen LogP contribution in [0.5, 0.6) is 0 Å². The lowest BCUT2D eigenvalue weighted by Gasteiger charge is -2.07. The molecule has 0 atom stereocenters. The predicted octanol–water partition coefficient (Wildman–Crippen LogP) is 3.90. The fraction of sp³-hybridized carbons (Fsp3) is 0.316. The van der Waals surface area contributed by atoms with E-state index in [0.29, 0.717) is 12.3 Å². The van der Waals surface area contributed by atoms with Crippen LogP contribution in [0.25, 0.3) is 10.2 Å². The van der Waals surface area contributed by atoms with Gasteiger partial charge in [-0.3, -0.25) is 4.79 Å². The number of nitrogens with zero attached hydrogens (tertiary/aromatic N) is 2. The first kappa shape index (κ1) is 16.5. The average Bonchev–Trinajstić information content (AvgIpc) is 3.19. The van der Waals surface area contributed by atoms with Gasteiger partial charge in [-0.15, -0.1) is 11.3 Å². The molecule has 128 valence electrons. The van der Waals surface area contributed by atoms with Crippen molar-refractivity contribution < 1.29 is 4.79 Å². The highest BCUT2D eigenvalue weighted by Crippen LogP contribution is 2.40. The summed E-state index contributed by atoms with van der Waals surface area (Å²) in [6.45, 7) is 2.48. The van der Waals surface area contributed by atoms with Crippen molar-refractivity contribution in [2.24, 2.45) is 0 Å². The first-order chi connectivity index (χ1) is 12.2. The SMILES string of the molecule is Cc1nc(SCC(=O)NCc2ccccc2)c2c3c(sc2n1)CCC3. The van der Waals surface area contributed by atoms with Gasteiger partial charge in [0.1, 0.15) is 15.7 Å². The molecule has 4 rings (SSSR count). The van der Waals surface area contributed by atoms with Gasteiger partial charge >= 0.3 is 0 Å². The number of hydrogen-bond donors (Lipinski definition) is 1. The fourth-order valence-electron chi connectivity index (χ4n) is 3.15. The van der Waals surface area contributed by atoms with Crippen molar-refractivity contribution >= 4 is 39.2 Å². The van der Waals surface area contributed by atoms with Crippen LogP contribution in [-0.2, 0) is 24.2 Å². The van der Waals surface area contributed by atoms with E-state index < -0.39 is 0 Å². The first-order valence-corrected chi connectivity index (χ1v) is 10.2. The Morgan fingerprint density at radius 1 is 1.24 bits per heavy atom. The van der Waals surface area contributed by atoms with Crippen LogP contribution in [0.2, 0.25) is 0 Å². The number of carbonyl (C=O) groups is 1. The highest BCUT2D eigenvalue weighted by atomic mass is 32.2. The van der Waals surface area contributed by atoms with Crippen LogP contribution in [0, 0.1) is 6.92 Å². The number of fused-ring (bicyclic) bond motifs is 3. The maximum absolute atomic E-state index is 12.2. The fourth-order valence-corrected chi connectivity index (χ4v) is 5.45. The molecule has 0 saturated carbocycles. The lowest BCUT2D eigenvalue weighted by Crippen LogP contribution is -2.24. The van der Waals surface area contributed by atoms with Crippen LogP contribution >= 0.6 is 23.1 Å². The molecule has 3 aromatic rings. The number of rotatable bonds is 5. The van der Waals surface area contributed by atoms with Crippen molar-refractivity contribution in [3.05, 3.63) is 52.2 Å². The number of aromatic nitrogens is 2. The topological polar surface area (TPSA) is 54.9 Å². The summed E-state index contributed by atoms with van der Waals surface area (Å²) in [5, 5.41) is 5.12. The highest BCUT2D eigenvalue weighted by Gasteiger charge is 2.22. The van der Waals surface area contributed by atoms with Gasteiger partial charge in [0.2, 0.25) is 5.91 Å². The van der Waals surface area contributed by atoms with Crippen LogP contribution in [0.4, 0.5) is 0 Å². The Kier molecular flexibility index (Phi) is 4.72. The number of amides is 1. The minimum atomic E-state index is 0.0325. The lowest BCUT2D eigenvalue weighted by molar-refractivity contribution is -0.118. The second-order valence-electron chi connectivity index (χ2n) is 6.16. The molecular formula is C19H19N3OS2. The summed E-state index contributed by atoms with van der Waals surface area (Å²) in [5.74, 6) is 1.19. The molecule has 0 radical (unpaired) electrons. The normalized spacial score (nSPS) is 13.2. The van der Waals surface area contributed by atoms with Gasteiger partial charge in [0.25, 0.3) is 0 Å². The van der Waals surface area contributed by atoms with Crippen LogP contribution < -0.4 is 5.32 Å². The molecule has 1 aliphatic carbocycles. The third kappa shape index (κ3) is 3.55. The minimum absolute atomic E-state index is 0.0325. The molecule has 1 amide bonds. The standard InChI is InChI=1S/C19H19N3OS2/c1-12-21-18(17-14-8-5-9-15(14)25-19(17)22-12)24-11-16(23)20-10-13-6-3-2-4-7-13/h2-4,6-7H,5,8-11H2,1H3,(H,20,23). The number of benzene rings is 1. The van der Waals surface area contributed by atoms with Gasteiger partial charge in [0, 0.05) is 16.8 Å².